The van der Waals surface area contributed by atoms with Gasteiger partial charge in [0.1, 0.15) is 12.4 Å². The number of carbonyl (C=O) groups is 1. The van der Waals surface area contributed by atoms with Crippen LogP contribution in [0.15, 0.2) is 36.7 Å². The van der Waals surface area contributed by atoms with E-state index in [1.54, 1.807) is 4.90 Å². The van der Waals surface area contributed by atoms with Gasteiger partial charge in [0.25, 0.3) is 0 Å². The standard InChI is InChI=1S/C19H26N4O2/c1-14(2)13-22-8-7-20-18(22)12-21-15(3)16-5-4-6-17(11-16)23-9-10-25-19(23)24/h4-8,11,14-15,21H,9-10,12-13H2,1-3H3. The summed E-state index contributed by atoms with van der Waals surface area (Å²) in [7, 11) is 0. The number of aromatic nitrogens is 2. The number of benzene rings is 1. The van der Waals surface area contributed by atoms with E-state index in [-0.39, 0.29) is 12.1 Å². The number of anilines is 1. The molecule has 1 saturated heterocycles. The summed E-state index contributed by atoms with van der Waals surface area (Å²) >= 11 is 0. The molecule has 25 heavy (non-hydrogen) atoms. The summed E-state index contributed by atoms with van der Waals surface area (Å²) < 4.78 is 7.22. The third-order valence-corrected chi connectivity index (χ3v) is 4.37. The first-order valence-electron chi connectivity index (χ1n) is 8.82. The summed E-state index contributed by atoms with van der Waals surface area (Å²) in [5, 5.41) is 3.53. The molecule has 0 radical (unpaired) electrons. The van der Waals surface area contributed by atoms with Crippen molar-refractivity contribution in [3.63, 3.8) is 0 Å². The molecule has 3 rings (SSSR count). The molecule has 1 fully saturated rings. The van der Waals surface area contributed by atoms with Crippen LogP contribution in [0.2, 0.25) is 0 Å². The number of amides is 1. The second kappa shape index (κ2) is 7.70. The quantitative estimate of drug-likeness (QED) is 0.838. The van der Waals surface area contributed by atoms with Crippen LogP contribution in [-0.2, 0) is 17.8 Å². The first-order chi connectivity index (χ1) is 12.0. The van der Waals surface area contributed by atoms with Gasteiger partial charge in [0.2, 0.25) is 0 Å². The number of ether oxygens (including phenoxy) is 1. The average molecular weight is 342 g/mol. The van der Waals surface area contributed by atoms with Crippen LogP contribution < -0.4 is 10.2 Å². The second-order valence-corrected chi connectivity index (χ2v) is 6.85. The highest BCUT2D eigenvalue weighted by Gasteiger charge is 2.23. The average Bonchev–Trinajstić information content (AvgIpc) is 3.21. The minimum absolute atomic E-state index is 0.155. The van der Waals surface area contributed by atoms with Crippen molar-refractivity contribution in [2.75, 3.05) is 18.1 Å². The van der Waals surface area contributed by atoms with Crippen LogP contribution in [0.3, 0.4) is 0 Å². The third-order valence-electron chi connectivity index (χ3n) is 4.37. The normalized spacial score (nSPS) is 15.7. The molecule has 0 bridgehead atoms. The molecular weight excluding hydrogens is 316 g/mol. The maximum Gasteiger partial charge on any atom is 0.414 e. The highest BCUT2D eigenvalue weighted by atomic mass is 16.6. The number of hydrogen-bond donors (Lipinski definition) is 1. The van der Waals surface area contributed by atoms with E-state index in [4.69, 9.17) is 4.74 Å². The minimum Gasteiger partial charge on any atom is -0.447 e. The van der Waals surface area contributed by atoms with Crippen LogP contribution in [0.25, 0.3) is 0 Å². The van der Waals surface area contributed by atoms with Crippen LogP contribution >= 0.6 is 0 Å². The number of carbonyl (C=O) groups excluding carboxylic acids is 1. The van der Waals surface area contributed by atoms with Gasteiger partial charge in [0.05, 0.1) is 13.1 Å². The van der Waals surface area contributed by atoms with Crippen LogP contribution in [-0.4, -0.2) is 28.8 Å². The van der Waals surface area contributed by atoms with Crippen molar-refractivity contribution in [2.45, 2.75) is 39.9 Å². The SMILES string of the molecule is CC(C)Cn1ccnc1CNC(C)c1cccc(N2CCOC2=O)c1. The maximum absolute atomic E-state index is 11.7. The fourth-order valence-electron chi connectivity index (χ4n) is 3.02. The lowest BCUT2D eigenvalue weighted by Crippen LogP contribution is -2.24. The number of nitrogens with one attached hydrogen (secondary N) is 1. The molecule has 1 atom stereocenters. The number of rotatable bonds is 7. The van der Waals surface area contributed by atoms with E-state index in [9.17, 15) is 4.79 Å². The molecule has 6 heteroatoms. The topological polar surface area (TPSA) is 59.4 Å². The van der Waals surface area contributed by atoms with Crippen LogP contribution in [0.5, 0.6) is 0 Å². The van der Waals surface area contributed by atoms with Crippen LogP contribution in [0, 0.1) is 5.92 Å². The highest BCUT2D eigenvalue weighted by molar-refractivity contribution is 5.89. The first kappa shape index (κ1) is 17.5. The molecule has 0 spiro atoms. The van der Waals surface area contributed by atoms with Gasteiger partial charge < -0.3 is 14.6 Å². The van der Waals surface area contributed by atoms with E-state index in [0.717, 1.165) is 23.6 Å². The van der Waals surface area contributed by atoms with Crippen molar-refractivity contribution >= 4 is 11.8 Å². The summed E-state index contributed by atoms with van der Waals surface area (Å²) in [4.78, 5) is 17.9. The zero-order valence-electron chi connectivity index (χ0n) is 15.1. The van der Waals surface area contributed by atoms with Crippen LogP contribution in [0.4, 0.5) is 10.5 Å². The summed E-state index contributed by atoms with van der Waals surface area (Å²) in [5.74, 6) is 1.63. The Kier molecular flexibility index (Phi) is 5.38. The Morgan fingerprint density at radius 1 is 1.32 bits per heavy atom. The Bertz CT molecular complexity index is 726. The van der Waals surface area contributed by atoms with Crippen molar-refractivity contribution < 1.29 is 9.53 Å². The van der Waals surface area contributed by atoms with Crippen molar-refractivity contribution in [1.82, 2.24) is 14.9 Å². The van der Waals surface area contributed by atoms with Crippen LogP contribution in [0.1, 0.15) is 38.2 Å². The summed E-state index contributed by atoms with van der Waals surface area (Å²) in [6.45, 7) is 9.27. The van der Waals surface area contributed by atoms with Gasteiger partial charge in [0, 0.05) is 30.7 Å². The number of imidazole rings is 1. The van der Waals surface area contributed by atoms with E-state index in [1.165, 1.54) is 0 Å². The number of nitrogens with zero attached hydrogens (tertiary/aromatic N) is 3. The molecule has 2 heterocycles. The predicted octanol–water partition coefficient (Wildman–Crippen LogP) is 3.35. The molecule has 1 N–H and O–H groups in total. The van der Waals surface area contributed by atoms with Gasteiger partial charge in [-0.2, -0.15) is 0 Å². The molecule has 6 nitrogen and oxygen atoms in total. The van der Waals surface area contributed by atoms with Crippen molar-refractivity contribution in [2.24, 2.45) is 5.92 Å². The van der Waals surface area contributed by atoms with Gasteiger partial charge in [-0.15, -0.1) is 0 Å². The molecular formula is C19H26N4O2. The Morgan fingerprint density at radius 2 is 2.16 bits per heavy atom. The predicted molar refractivity (Wildman–Crippen MR) is 97.5 cm³/mol. The zero-order chi connectivity index (χ0) is 17.8. The van der Waals surface area contributed by atoms with E-state index in [2.05, 4.69) is 41.7 Å². The molecule has 134 valence electrons. The van der Waals surface area contributed by atoms with E-state index < -0.39 is 0 Å². The fraction of sp³-hybridized carbons (Fsp3) is 0.474. The first-order valence-corrected chi connectivity index (χ1v) is 8.82. The third kappa shape index (κ3) is 4.20. The smallest absolute Gasteiger partial charge is 0.414 e. The summed E-state index contributed by atoms with van der Waals surface area (Å²) in [6, 6.07) is 8.20. The van der Waals surface area contributed by atoms with Crippen molar-refractivity contribution in [3.05, 3.63) is 48.0 Å². The maximum atomic E-state index is 11.7. The number of cyclic esters (lactones) is 1. The largest absolute Gasteiger partial charge is 0.447 e. The fourth-order valence-corrected chi connectivity index (χ4v) is 3.02. The summed E-state index contributed by atoms with van der Waals surface area (Å²) in [6.07, 6.45) is 3.61. The second-order valence-electron chi connectivity index (χ2n) is 6.85. The van der Waals surface area contributed by atoms with Gasteiger partial charge in [-0.25, -0.2) is 9.78 Å². The lowest BCUT2D eigenvalue weighted by Gasteiger charge is -2.18. The van der Waals surface area contributed by atoms with Gasteiger partial charge in [-0.3, -0.25) is 4.90 Å². The zero-order valence-corrected chi connectivity index (χ0v) is 15.1. The van der Waals surface area contributed by atoms with Gasteiger partial charge in [-0.1, -0.05) is 26.0 Å². The molecule has 1 unspecified atom stereocenters. The molecule has 1 aromatic carbocycles. The Hall–Kier alpha value is -2.34. The van der Waals surface area contributed by atoms with Gasteiger partial charge in [0.15, 0.2) is 0 Å². The molecule has 0 aliphatic carbocycles. The number of hydrogen-bond acceptors (Lipinski definition) is 4. The Morgan fingerprint density at radius 3 is 2.88 bits per heavy atom. The Labute approximate surface area is 148 Å². The monoisotopic (exact) mass is 342 g/mol. The lowest BCUT2D eigenvalue weighted by molar-refractivity contribution is 0.181. The molecule has 1 amide bonds. The van der Waals surface area contributed by atoms with Gasteiger partial charge in [-0.05, 0) is 30.5 Å². The molecule has 0 saturated carbocycles. The molecule has 1 aliphatic heterocycles. The molecule has 1 aliphatic rings. The minimum atomic E-state index is -0.270. The molecule has 2 aromatic rings. The van der Waals surface area contributed by atoms with Crippen molar-refractivity contribution in [1.29, 1.82) is 0 Å². The van der Waals surface area contributed by atoms with Crippen molar-refractivity contribution in [3.8, 4) is 0 Å². The lowest BCUT2D eigenvalue weighted by atomic mass is 10.1. The van der Waals surface area contributed by atoms with E-state index in [0.29, 0.717) is 25.6 Å². The van der Waals surface area contributed by atoms with E-state index >= 15 is 0 Å². The Balaban J connectivity index is 1.65. The van der Waals surface area contributed by atoms with Gasteiger partial charge >= 0.3 is 6.09 Å². The highest BCUT2D eigenvalue weighted by Crippen LogP contribution is 2.23. The summed E-state index contributed by atoms with van der Waals surface area (Å²) in [5.41, 5.74) is 2.02. The van der Waals surface area contributed by atoms with E-state index in [1.807, 2.05) is 30.6 Å². The molecule has 1 aromatic heterocycles.